The summed E-state index contributed by atoms with van der Waals surface area (Å²) in [5.74, 6) is -1.50. The van der Waals surface area contributed by atoms with Gasteiger partial charge in [-0.15, -0.1) is 10.2 Å². The van der Waals surface area contributed by atoms with Crippen LogP contribution in [0.4, 0.5) is 19.1 Å². The van der Waals surface area contributed by atoms with Crippen molar-refractivity contribution >= 4 is 27.6 Å². The van der Waals surface area contributed by atoms with Crippen LogP contribution in [0.2, 0.25) is 5.02 Å². The molecule has 3 aromatic rings. The van der Waals surface area contributed by atoms with Crippen molar-refractivity contribution in [2.45, 2.75) is 49.1 Å². The fourth-order valence-corrected chi connectivity index (χ4v) is 5.46. The van der Waals surface area contributed by atoms with Crippen molar-refractivity contribution in [3.05, 3.63) is 35.4 Å². The molecule has 1 aliphatic rings. The van der Waals surface area contributed by atoms with E-state index in [0.717, 1.165) is 10.9 Å². The Hall–Kier alpha value is -3.31. The fraction of sp³-hybridized carbons (Fsp3) is 0.524. The highest BCUT2D eigenvalue weighted by Crippen LogP contribution is 2.55. The second kappa shape index (κ2) is 10.7. The fourth-order valence-electron chi connectivity index (χ4n) is 4.23. The van der Waals surface area contributed by atoms with E-state index in [4.69, 9.17) is 25.8 Å². The van der Waals surface area contributed by atoms with Crippen molar-refractivity contribution in [1.82, 2.24) is 34.7 Å². The maximum atomic E-state index is 14.4. The third-order valence-corrected chi connectivity index (χ3v) is 8.39. The second-order valence-corrected chi connectivity index (χ2v) is 11.1. The molecule has 212 valence electrons. The van der Waals surface area contributed by atoms with Crippen LogP contribution < -0.4 is 14.2 Å². The summed E-state index contributed by atoms with van der Waals surface area (Å²) >= 11 is 5.82. The predicted octanol–water partition coefficient (Wildman–Crippen LogP) is 3.02. The molecule has 0 bridgehead atoms. The number of alkyl halides is 3. The number of rotatable bonds is 10. The summed E-state index contributed by atoms with van der Waals surface area (Å²) in [5, 5.41) is 6.49. The Morgan fingerprint density at radius 1 is 1.05 bits per heavy atom. The maximum absolute atomic E-state index is 14.4. The molecule has 3 heterocycles. The number of sulfonamides is 1. The van der Waals surface area contributed by atoms with Gasteiger partial charge in [-0.3, -0.25) is 9.29 Å². The molecule has 4 rings (SSSR count). The first-order chi connectivity index (χ1) is 18.4. The van der Waals surface area contributed by atoms with E-state index >= 15 is 0 Å². The maximum Gasteiger partial charge on any atom is 0.401 e. The zero-order chi connectivity index (χ0) is 28.6. The van der Waals surface area contributed by atoms with E-state index in [9.17, 15) is 21.6 Å². The van der Waals surface area contributed by atoms with Gasteiger partial charge in [0, 0.05) is 19.5 Å². The highest BCUT2D eigenvalue weighted by Gasteiger charge is 2.62. The van der Waals surface area contributed by atoms with Gasteiger partial charge in [0.15, 0.2) is 17.3 Å². The minimum absolute atomic E-state index is 0.0206. The lowest BCUT2D eigenvalue weighted by Gasteiger charge is -2.42. The molecule has 0 radical (unpaired) electrons. The van der Waals surface area contributed by atoms with Crippen molar-refractivity contribution in [2.75, 3.05) is 26.1 Å². The Kier molecular flexibility index (Phi) is 7.86. The van der Waals surface area contributed by atoms with Gasteiger partial charge < -0.3 is 14.2 Å². The summed E-state index contributed by atoms with van der Waals surface area (Å²) in [6.45, 7) is 1.31. The van der Waals surface area contributed by atoms with E-state index in [2.05, 4.69) is 34.9 Å². The third kappa shape index (κ3) is 5.05. The summed E-state index contributed by atoms with van der Waals surface area (Å²) in [5.41, 5.74) is -2.61. The molecule has 39 heavy (non-hydrogen) atoms. The summed E-state index contributed by atoms with van der Waals surface area (Å²) in [4.78, 5) is 15.9. The average molecular weight is 593 g/mol. The molecule has 18 heteroatoms. The van der Waals surface area contributed by atoms with E-state index in [1.807, 2.05) is 0 Å². The Morgan fingerprint density at radius 2 is 1.64 bits per heavy atom. The Bertz CT molecular complexity index is 1410. The number of methoxy groups -OCH3 is 3. The first-order valence-corrected chi connectivity index (χ1v) is 13.3. The smallest absolute Gasteiger partial charge is 0.401 e. The van der Waals surface area contributed by atoms with Crippen LogP contribution in [0.1, 0.15) is 43.9 Å². The number of halogens is 4. The number of nitrogens with one attached hydrogen (secondary N) is 1. The molecular formula is C21H24ClF3N8O5S. The van der Waals surface area contributed by atoms with E-state index in [0.29, 0.717) is 0 Å². The number of ether oxygens (including phenoxy) is 3. The van der Waals surface area contributed by atoms with Crippen molar-refractivity contribution in [3.8, 4) is 17.4 Å². The van der Waals surface area contributed by atoms with Crippen LogP contribution in [0, 0.1) is 0 Å². The Balaban J connectivity index is 1.86. The molecule has 3 aromatic heterocycles. The summed E-state index contributed by atoms with van der Waals surface area (Å²) in [7, 11) is -0.693. The van der Waals surface area contributed by atoms with E-state index in [1.54, 1.807) is 0 Å². The normalized spacial score (nSPS) is 16.7. The molecule has 0 unspecified atom stereocenters. The number of nitrogens with zero attached hydrogens (tertiary/aromatic N) is 7. The quantitative estimate of drug-likeness (QED) is 0.369. The summed E-state index contributed by atoms with van der Waals surface area (Å²) in [6, 6.07) is 0. The van der Waals surface area contributed by atoms with E-state index in [1.165, 1.54) is 40.6 Å². The minimum atomic E-state index is -4.72. The minimum Gasteiger partial charge on any atom is -0.479 e. The van der Waals surface area contributed by atoms with Crippen LogP contribution in [0.5, 0.6) is 11.8 Å². The standard InChI is InChI=1S/C21H24ClF3N8O5S/c1-11(14(36-2)15-26-8-12(22)9-27-15)39(34,35)32-19-31-30-18(20(6-5-7-20)21(23,24)25)33(19)13-16(37-3)28-10-29-17(13)38-4/h8-11,14H,5-7H2,1-4H3,(H,31,32)/t11-,14-/m0/s1. The monoisotopic (exact) mass is 592 g/mol. The van der Waals surface area contributed by atoms with Gasteiger partial charge in [-0.2, -0.15) is 23.1 Å². The molecule has 0 saturated heterocycles. The van der Waals surface area contributed by atoms with Gasteiger partial charge in [0.1, 0.15) is 23.1 Å². The number of aromatic nitrogens is 7. The Morgan fingerprint density at radius 3 is 2.10 bits per heavy atom. The van der Waals surface area contributed by atoms with Gasteiger partial charge in [0.25, 0.3) is 0 Å². The van der Waals surface area contributed by atoms with Gasteiger partial charge in [0.2, 0.25) is 27.7 Å². The van der Waals surface area contributed by atoms with Crippen LogP contribution in [0.3, 0.4) is 0 Å². The SMILES string of the molecule is COc1ncnc(OC)c1-n1c(NS(=O)(=O)[C@@H](C)[C@H](OC)c2ncc(Cl)cn2)nnc1C1(C(F)(F)F)CCC1. The lowest BCUT2D eigenvalue weighted by atomic mass is 9.67. The molecule has 1 N–H and O–H groups in total. The Labute approximate surface area is 226 Å². The van der Waals surface area contributed by atoms with Crippen molar-refractivity contribution < 1.29 is 35.8 Å². The van der Waals surface area contributed by atoms with Crippen molar-refractivity contribution in [1.29, 1.82) is 0 Å². The van der Waals surface area contributed by atoms with Crippen LogP contribution >= 0.6 is 11.6 Å². The van der Waals surface area contributed by atoms with Gasteiger partial charge in [-0.25, -0.2) is 18.4 Å². The molecule has 0 aliphatic heterocycles. The molecule has 13 nitrogen and oxygen atoms in total. The molecule has 0 spiro atoms. The largest absolute Gasteiger partial charge is 0.479 e. The molecule has 1 fully saturated rings. The van der Waals surface area contributed by atoms with E-state index < -0.39 is 44.7 Å². The summed E-state index contributed by atoms with van der Waals surface area (Å²) < 4.78 is 89.2. The molecule has 1 saturated carbocycles. The molecule has 2 atom stereocenters. The lowest BCUT2D eigenvalue weighted by Crippen LogP contribution is -2.49. The third-order valence-electron chi connectivity index (χ3n) is 6.50. The highest BCUT2D eigenvalue weighted by atomic mass is 35.5. The number of hydrogen-bond donors (Lipinski definition) is 1. The first-order valence-electron chi connectivity index (χ1n) is 11.4. The lowest BCUT2D eigenvalue weighted by molar-refractivity contribution is -0.215. The number of hydrogen-bond acceptors (Lipinski definition) is 11. The van der Waals surface area contributed by atoms with Gasteiger partial charge in [-0.1, -0.05) is 18.0 Å². The zero-order valence-corrected chi connectivity index (χ0v) is 22.7. The van der Waals surface area contributed by atoms with Crippen LogP contribution in [-0.2, 0) is 20.2 Å². The predicted molar refractivity (Wildman–Crippen MR) is 130 cm³/mol. The number of anilines is 1. The van der Waals surface area contributed by atoms with Gasteiger partial charge in [0.05, 0.1) is 19.2 Å². The van der Waals surface area contributed by atoms with Gasteiger partial charge >= 0.3 is 6.18 Å². The molecule has 1 aliphatic carbocycles. The summed E-state index contributed by atoms with van der Waals surface area (Å²) in [6.07, 6.45) is -2.55. The van der Waals surface area contributed by atoms with Crippen LogP contribution in [-0.4, -0.2) is 75.9 Å². The topological polar surface area (TPSA) is 156 Å². The molecular weight excluding hydrogens is 569 g/mol. The van der Waals surface area contributed by atoms with Crippen LogP contribution in [0.25, 0.3) is 5.69 Å². The van der Waals surface area contributed by atoms with Crippen LogP contribution in [0.15, 0.2) is 18.7 Å². The van der Waals surface area contributed by atoms with Crippen molar-refractivity contribution in [3.63, 3.8) is 0 Å². The second-order valence-electron chi connectivity index (χ2n) is 8.62. The molecule has 0 aromatic carbocycles. The van der Waals surface area contributed by atoms with E-state index in [-0.39, 0.29) is 47.6 Å². The van der Waals surface area contributed by atoms with Gasteiger partial charge in [-0.05, 0) is 19.8 Å². The van der Waals surface area contributed by atoms with Crippen molar-refractivity contribution in [2.24, 2.45) is 0 Å². The highest BCUT2D eigenvalue weighted by molar-refractivity contribution is 7.93. The zero-order valence-electron chi connectivity index (χ0n) is 21.1. The first kappa shape index (κ1) is 28.7. The average Bonchev–Trinajstić information content (AvgIpc) is 3.25. The molecule has 0 amide bonds.